The molecule has 0 aliphatic rings. The van der Waals surface area contributed by atoms with Gasteiger partial charge in [0.1, 0.15) is 0 Å². The van der Waals surface area contributed by atoms with E-state index < -0.39 is 5.97 Å². The number of carbonyl (C=O) groups is 1. The number of thiazole rings is 1. The zero-order chi connectivity index (χ0) is 13.8. The summed E-state index contributed by atoms with van der Waals surface area (Å²) >= 11 is 7.25. The van der Waals surface area contributed by atoms with Crippen LogP contribution in [-0.2, 0) is 11.2 Å². The van der Waals surface area contributed by atoms with Gasteiger partial charge in [0.25, 0.3) is 0 Å². The molecule has 0 radical (unpaired) electrons. The maximum atomic E-state index is 10.6. The molecule has 19 heavy (non-hydrogen) atoms. The normalized spacial score (nSPS) is 12.1. The van der Waals surface area contributed by atoms with Gasteiger partial charge in [0.05, 0.1) is 18.2 Å². The molecule has 0 amide bonds. The van der Waals surface area contributed by atoms with Crippen molar-refractivity contribution in [1.29, 1.82) is 0 Å². The van der Waals surface area contributed by atoms with Crippen LogP contribution in [0.25, 0.3) is 0 Å². The van der Waals surface area contributed by atoms with E-state index in [4.69, 9.17) is 16.7 Å². The van der Waals surface area contributed by atoms with Crippen LogP contribution in [0.4, 0.5) is 5.13 Å². The molecule has 0 spiro atoms. The van der Waals surface area contributed by atoms with E-state index in [2.05, 4.69) is 10.3 Å². The number of carboxylic acid groups (broad SMARTS) is 1. The zero-order valence-corrected chi connectivity index (χ0v) is 11.8. The number of rotatable bonds is 5. The van der Waals surface area contributed by atoms with Crippen LogP contribution in [0.15, 0.2) is 29.6 Å². The van der Waals surface area contributed by atoms with Crippen LogP contribution < -0.4 is 5.32 Å². The lowest BCUT2D eigenvalue weighted by Crippen LogP contribution is -2.06. The van der Waals surface area contributed by atoms with Crippen molar-refractivity contribution in [2.45, 2.75) is 19.4 Å². The molecule has 4 nitrogen and oxygen atoms in total. The molecule has 1 aromatic heterocycles. The zero-order valence-electron chi connectivity index (χ0n) is 10.3. The number of hydrogen-bond donors (Lipinski definition) is 2. The summed E-state index contributed by atoms with van der Waals surface area (Å²) in [5.41, 5.74) is 1.67. The Balaban J connectivity index is 2.02. The summed E-state index contributed by atoms with van der Waals surface area (Å²) in [5.74, 6) is -0.873. The van der Waals surface area contributed by atoms with E-state index in [0.717, 1.165) is 10.7 Å². The lowest BCUT2D eigenvalue weighted by Gasteiger charge is -2.13. The first-order chi connectivity index (χ1) is 9.04. The summed E-state index contributed by atoms with van der Waals surface area (Å²) < 4.78 is 0. The molecule has 2 rings (SSSR count). The fourth-order valence-corrected chi connectivity index (χ4v) is 2.55. The number of hydrogen-bond acceptors (Lipinski definition) is 4. The van der Waals surface area contributed by atoms with Gasteiger partial charge in [-0.25, -0.2) is 4.98 Å². The molecule has 0 aliphatic carbocycles. The van der Waals surface area contributed by atoms with Crippen LogP contribution in [0.3, 0.4) is 0 Å². The number of aromatic nitrogens is 1. The summed E-state index contributed by atoms with van der Waals surface area (Å²) in [6.07, 6.45) is -0.0481. The third-order valence-electron chi connectivity index (χ3n) is 2.59. The number of nitrogens with zero attached hydrogens (tertiary/aromatic N) is 1. The number of benzene rings is 1. The van der Waals surface area contributed by atoms with E-state index in [0.29, 0.717) is 10.7 Å². The summed E-state index contributed by atoms with van der Waals surface area (Å²) in [7, 11) is 0. The quantitative estimate of drug-likeness (QED) is 0.885. The van der Waals surface area contributed by atoms with Crippen LogP contribution in [-0.4, -0.2) is 16.1 Å². The van der Waals surface area contributed by atoms with Crippen LogP contribution in [0.1, 0.15) is 24.2 Å². The van der Waals surface area contributed by atoms with E-state index in [9.17, 15) is 4.79 Å². The van der Waals surface area contributed by atoms with Gasteiger partial charge in [-0.15, -0.1) is 11.3 Å². The average molecular weight is 297 g/mol. The molecular weight excluding hydrogens is 284 g/mol. The minimum absolute atomic E-state index is 0.0481. The SMILES string of the molecule is CC(Nc1nc(CC(=O)O)cs1)c1ccc(Cl)cc1. The van der Waals surface area contributed by atoms with Crippen molar-refractivity contribution < 1.29 is 9.90 Å². The van der Waals surface area contributed by atoms with Crippen molar-refractivity contribution >= 4 is 34.0 Å². The molecule has 1 atom stereocenters. The molecule has 1 aromatic carbocycles. The smallest absolute Gasteiger partial charge is 0.309 e. The Morgan fingerprint density at radius 3 is 2.79 bits per heavy atom. The Hall–Kier alpha value is -1.59. The highest BCUT2D eigenvalue weighted by atomic mass is 35.5. The van der Waals surface area contributed by atoms with Crippen molar-refractivity contribution in [3.8, 4) is 0 Å². The van der Waals surface area contributed by atoms with Crippen LogP contribution in [0.2, 0.25) is 5.02 Å². The van der Waals surface area contributed by atoms with E-state index in [-0.39, 0.29) is 12.5 Å². The Kier molecular flexibility index (Phi) is 4.39. The first-order valence-electron chi connectivity index (χ1n) is 5.73. The Bertz CT molecular complexity index is 568. The van der Waals surface area contributed by atoms with Gasteiger partial charge in [0.2, 0.25) is 0 Å². The standard InChI is InChI=1S/C13H13ClN2O2S/c1-8(9-2-4-10(14)5-3-9)15-13-16-11(7-19-13)6-12(17)18/h2-5,7-8H,6H2,1H3,(H,15,16)(H,17,18). The second-order valence-corrected chi connectivity index (χ2v) is 5.43. The molecule has 100 valence electrons. The van der Waals surface area contributed by atoms with Crippen molar-refractivity contribution in [3.05, 3.63) is 45.9 Å². The minimum atomic E-state index is -0.873. The van der Waals surface area contributed by atoms with E-state index >= 15 is 0 Å². The molecule has 1 heterocycles. The van der Waals surface area contributed by atoms with E-state index in [1.54, 1.807) is 5.38 Å². The van der Waals surface area contributed by atoms with Gasteiger partial charge in [0, 0.05) is 10.4 Å². The first kappa shape index (κ1) is 13.8. The number of anilines is 1. The topological polar surface area (TPSA) is 62.2 Å². The monoisotopic (exact) mass is 296 g/mol. The fraction of sp³-hybridized carbons (Fsp3) is 0.231. The summed E-state index contributed by atoms with van der Waals surface area (Å²) in [6.45, 7) is 2.02. The average Bonchev–Trinajstić information content (AvgIpc) is 2.76. The highest BCUT2D eigenvalue weighted by Crippen LogP contribution is 2.23. The fourth-order valence-electron chi connectivity index (χ4n) is 1.63. The van der Waals surface area contributed by atoms with Gasteiger partial charge < -0.3 is 10.4 Å². The van der Waals surface area contributed by atoms with Crippen molar-refractivity contribution in [2.24, 2.45) is 0 Å². The molecule has 0 fully saturated rings. The van der Waals surface area contributed by atoms with Crippen molar-refractivity contribution in [2.75, 3.05) is 5.32 Å². The van der Waals surface area contributed by atoms with Gasteiger partial charge in [-0.05, 0) is 24.6 Å². The van der Waals surface area contributed by atoms with Crippen molar-refractivity contribution in [1.82, 2.24) is 4.98 Å². The highest BCUT2D eigenvalue weighted by Gasteiger charge is 2.09. The second-order valence-electron chi connectivity index (χ2n) is 4.13. The van der Waals surface area contributed by atoms with Crippen LogP contribution >= 0.6 is 22.9 Å². The molecular formula is C13H13ClN2O2S. The second kappa shape index (κ2) is 6.04. The predicted octanol–water partition coefficient (Wildman–Crippen LogP) is 3.60. The lowest BCUT2D eigenvalue weighted by molar-refractivity contribution is -0.136. The number of halogens is 1. The number of carboxylic acids is 1. The molecule has 2 aromatic rings. The Morgan fingerprint density at radius 2 is 2.16 bits per heavy atom. The van der Waals surface area contributed by atoms with E-state index in [1.165, 1.54) is 11.3 Å². The van der Waals surface area contributed by atoms with Gasteiger partial charge in [-0.2, -0.15) is 0 Å². The molecule has 0 saturated heterocycles. The largest absolute Gasteiger partial charge is 0.481 e. The molecule has 1 unspecified atom stereocenters. The molecule has 2 N–H and O–H groups in total. The Morgan fingerprint density at radius 1 is 1.47 bits per heavy atom. The lowest BCUT2D eigenvalue weighted by atomic mass is 10.1. The molecule has 0 aliphatic heterocycles. The van der Waals surface area contributed by atoms with Gasteiger partial charge in [-0.1, -0.05) is 23.7 Å². The van der Waals surface area contributed by atoms with Crippen molar-refractivity contribution in [3.63, 3.8) is 0 Å². The number of aliphatic carboxylic acids is 1. The van der Waals surface area contributed by atoms with Gasteiger partial charge in [-0.3, -0.25) is 4.79 Å². The Labute approximate surface area is 120 Å². The van der Waals surface area contributed by atoms with Gasteiger partial charge >= 0.3 is 5.97 Å². The van der Waals surface area contributed by atoms with Crippen LogP contribution in [0, 0.1) is 0 Å². The molecule has 6 heteroatoms. The van der Waals surface area contributed by atoms with Crippen LogP contribution in [0.5, 0.6) is 0 Å². The molecule has 0 bridgehead atoms. The first-order valence-corrected chi connectivity index (χ1v) is 6.98. The van der Waals surface area contributed by atoms with E-state index in [1.807, 2.05) is 31.2 Å². The third-order valence-corrected chi connectivity index (χ3v) is 3.67. The number of nitrogens with one attached hydrogen (secondary N) is 1. The summed E-state index contributed by atoms with van der Waals surface area (Å²) in [4.78, 5) is 14.8. The maximum absolute atomic E-state index is 10.6. The third kappa shape index (κ3) is 3.94. The molecule has 0 saturated carbocycles. The summed E-state index contributed by atoms with van der Waals surface area (Å²) in [6, 6.07) is 7.66. The minimum Gasteiger partial charge on any atom is -0.481 e. The van der Waals surface area contributed by atoms with Gasteiger partial charge in [0.15, 0.2) is 5.13 Å². The predicted molar refractivity (Wildman–Crippen MR) is 76.9 cm³/mol. The highest BCUT2D eigenvalue weighted by molar-refractivity contribution is 7.13. The maximum Gasteiger partial charge on any atom is 0.309 e. The summed E-state index contributed by atoms with van der Waals surface area (Å²) in [5, 5.41) is 15.1.